The van der Waals surface area contributed by atoms with E-state index < -0.39 is 39.3 Å². The number of aliphatic carboxylic acids is 1. The molecule has 5 rings (SSSR count). The van der Waals surface area contributed by atoms with Gasteiger partial charge in [0.05, 0.1) is 11.3 Å². The summed E-state index contributed by atoms with van der Waals surface area (Å²) in [6, 6.07) is 17.6. The molecule has 0 aliphatic carbocycles. The fourth-order valence-electron chi connectivity index (χ4n) is 4.74. The lowest BCUT2D eigenvalue weighted by Gasteiger charge is -2.19. The largest absolute Gasteiger partial charge is 0.480 e. The number of fused-ring (bicyclic) bond motifs is 2. The highest BCUT2D eigenvalue weighted by Gasteiger charge is 2.42. The van der Waals surface area contributed by atoms with Crippen molar-refractivity contribution in [1.29, 1.82) is 0 Å². The van der Waals surface area contributed by atoms with Crippen LogP contribution in [0.25, 0.3) is 21.9 Å². The number of carbonyl (C=O) groups is 1. The second-order valence-corrected chi connectivity index (χ2v) is 11.0. The van der Waals surface area contributed by atoms with Gasteiger partial charge in [-0.2, -0.15) is 13.2 Å². The van der Waals surface area contributed by atoms with Crippen molar-refractivity contribution < 1.29 is 31.5 Å². The molecular formula is C26H18F3NO4S2. The monoisotopic (exact) mass is 529 g/mol. The topological polar surface area (TPSA) is 76.4 Å². The number of halogens is 3. The molecule has 184 valence electrons. The number of aromatic nitrogens is 1. The van der Waals surface area contributed by atoms with Gasteiger partial charge in [-0.3, -0.25) is 0 Å². The van der Waals surface area contributed by atoms with E-state index in [2.05, 4.69) is 0 Å². The summed E-state index contributed by atoms with van der Waals surface area (Å²) in [5, 5.41) is 11.2. The van der Waals surface area contributed by atoms with Crippen LogP contribution in [-0.2, 0) is 27.2 Å². The van der Waals surface area contributed by atoms with Gasteiger partial charge in [-0.05, 0) is 52.1 Å². The van der Waals surface area contributed by atoms with Crippen LogP contribution in [0.1, 0.15) is 22.7 Å². The van der Waals surface area contributed by atoms with Crippen molar-refractivity contribution in [1.82, 2.24) is 4.57 Å². The van der Waals surface area contributed by atoms with Gasteiger partial charge in [0.15, 0.2) is 9.84 Å². The summed E-state index contributed by atoms with van der Waals surface area (Å²) in [6.45, 7) is 0. The Labute approximate surface area is 209 Å². The van der Waals surface area contributed by atoms with E-state index in [-0.39, 0.29) is 27.2 Å². The first-order valence-electron chi connectivity index (χ1n) is 10.9. The third kappa shape index (κ3) is 4.10. The summed E-state index contributed by atoms with van der Waals surface area (Å²) in [5.74, 6) is -2.11. The van der Waals surface area contributed by atoms with Gasteiger partial charge in [0.1, 0.15) is 15.7 Å². The molecule has 0 fully saturated rings. The molecule has 1 aromatic heterocycles. The Morgan fingerprint density at radius 3 is 2.42 bits per heavy atom. The van der Waals surface area contributed by atoms with Gasteiger partial charge in [0.25, 0.3) is 0 Å². The molecule has 0 amide bonds. The van der Waals surface area contributed by atoms with Crippen molar-refractivity contribution in [2.45, 2.75) is 23.7 Å². The molecule has 1 aliphatic rings. The molecule has 10 heteroatoms. The summed E-state index contributed by atoms with van der Waals surface area (Å²) >= 11 is 5.43. The van der Waals surface area contributed by atoms with E-state index in [1.807, 2.05) is 42.5 Å². The fraction of sp³-hybridized carbons (Fsp3) is 0.154. The predicted octanol–water partition coefficient (Wildman–Crippen LogP) is 6.06. The number of pyridine rings is 1. The van der Waals surface area contributed by atoms with Crippen molar-refractivity contribution in [2.24, 2.45) is 0 Å². The van der Waals surface area contributed by atoms with Crippen LogP contribution < -0.4 is 0 Å². The normalized spacial score (nSPS) is 16.7. The average Bonchev–Trinajstić information content (AvgIpc) is 3.11. The highest BCUT2D eigenvalue weighted by molar-refractivity contribution is 7.91. The van der Waals surface area contributed by atoms with Crippen LogP contribution in [0, 0.1) is 4.64 Å². The number of alkyl halides is 3. The number of sulfone groups is 1. The van der Waals surface area contributed by atoms with Gasteiger partial charge in [-0.25, -0.2) is 13.2 Å². The Balaban J connectivity index is 1.84. The predicted molar refractivity (Wildman–Crippen MR) is 131 cm³/mol. The molecule has 0 spiro atoms. The van der Waals surface area contributed by atoms with Gasteiger partial charge < -0.3 is 9.67 Å². The first-order chi connectivity index (χ1) is 17.0. The van der Waals surface area contributed by atoms with Crippen molar-refractivity contribution in [3.63, 3.8) is 0 Å². The molecule has 5 nitrogen and oxygen atoms in total. The molecule has 1 unspecified atom stereocenters. The van der Waals surface area contributed by atoms with E-state index in [0.29, 0.717) is 5.56 Å². The van der Waals surface area contributed by atoms with E-state index in [4.69, 9.17) is 12.2 Å². The van der Waals surface area contributed by atoms with Crippen LogP contribution in [0.15, 0.2) is 77.8 Å². The summed E-state index contributed by atoms with van der Waals surface area (Å²) in [7, 11) is -4.17. The van der Waals surface area contributed by atoms with Gasteiger partial charge in [0.2, 0.25) is 0 Å². The lowest BCUT2D eigenvalue weighted by molar-refractivity contribution is -0.140. The van der Waals surface area contributed by atoms with E-state index in [1.165, 1.54) is 18.2 Å². The first kappa shape index (κ1) is 24.2. The average molecular weight is 530 g/mol. The number of carboxylic acids is 1. The van der Waals surface area contributed by atoms with Crippen molar-refractivity contribution >= 4 is 38.8 Å². The number of carboxylic acid groups (broad SMARTS) is 1. The van der Waals surface area contributed by atoms with Gasteiger partial charge in [-0.1, -0.05) is 66.8 Å². The number of nitrogens with zero attached hydrogens (tertiary/aromatic N) is 1. The molecule has 3 aromatic carbocycles. The minimum absolute atomic E-state index is 0.00978. The van der Waals surface area contributed by atoms with E-state index in [1.54, 1.807) is 0 Å². The minimum Gasteiger partial charge on any atom is -0.480 e. The Bertz CT molecular complexity index is 1700. The highest BCUT2D eigenvalue weighted by atomic mass is 32.2. The van der Waals surface area contributed by atoms with Crippen LogP contribution in [0.5, 0.6) is 0 Å². The van der Waals surface area contributed by atoms with Crippen LogP contribution in [0.3, 0.4) is 0 Å². The van der Waals surface area contributed by atoms with E-state index in [0.717, 1.165) is 33.0 Å². The molecule has 2 heterocycles. The molecule has 4 aromatic rings. The molecule has 1 atom stereocenters. The molecule has 0 bridgehead atoms. The quantitative estimate of drug-likeness (QED) is 0.325. The third-order valence-electron chi connectivity index (χ3n) is 6.30. The summed E-state index contributed by atoms with van der Waals surface area (Å²) < 4.78 is 68.2. The maximum atomic E-state index is 13.5. The van der Waals surface area contributed by atoms with Crippen LogP contribution in [0.2, 0.25) is 0 Å². The summed E-state index contributed by atoms with van der Waals surface area (Å²) in [4.78, 5) is 11.9. The molecular weight excluding hydrogens is 511 g/mol. The van der Waals surface area contributed by atoms with Crippen LogP contribution in [0.4, 0.5) is 13.2 Å². The third-order valence-corrected chi connectivity index (χ3v) is 8.36. The van der Waals surface area contributed by atoms with Gasteiger partial charge >= 0.3 is 12.1 Å². The lowest BCUT2D eigenvalue weighted by Crippen LogP contribution is -2.19. The smallest absolute Gasteiger partial charge is 0.416 e. The number of benzene rings is 3. The van der Waals surface area contributed by atoms with Crippen molar-refractivity contribution in [2.75, 3.05) is 5.75 Å². The lowest BCUT2D eigenvalue weighted by atomic mass is 9.93. The Morgan fingerprint density at radius 1 is 1.00 bits per heavy atom. The Morgan fingerprint density at radius 2 is 1.69 bits per heavy atom. The zero-order valence-electron chi connectivity index (χ0n) is 18.5. The van der Waals surface area contributed by atoms with Crippen molar-refractivity contribution in [3.8, 4) is 11.1 Å². The standard InChI is InChI=1S/C26H18F3NO4S2/c27-26(28,29)19-9-4-8-17(12-19)23-18(11-16-7-3-6-15-5-1-2-10-20(15)16)13-22(35)30-21(25(31)32)14-36(33,34)24(23)30/h1-10,12-13,21H,11,14H2,(H,31,32). The van der Waals surface area contributed by atoms with Crippen molar-refractivity contribution in [3.05, 3.63) is 94.1 Å². The number of rotatable bonds is 4. The molecule has 1 aliphatic heterocycles. The highest BCUT2D eigenvalue weighted by Crippen LogP contribution is 2.42. The minimum atomic E-state index is -4.65. The summed E-state index contributed by atoms with van der Waals surface area (Å²) in [6.07, 6.45) is -4.47. The van der Waals surface area contributed by atoms with E-state index >= 15 is 0 Å². The summed E-state index contributed by atoms with van der Waals surface area (Å²) in [5.41, 5.74) is 0.338. The molecule has 0 saturated heterocycles. The zero-order chi connectivity index (χ0) is 25.8. The SMILES string of the molecule is O=C(O)C1CS(=O)(=O)c2c(-c3cccc(C(F)(F)F)c3)c(Cc3cccc4ccccc34)cc(=S)n21. The molecule has 36 heavy (non-hydrogen) atoms. The van der Waals surface area contributed by atoms with Crippen LogP contribution >= 0.6 is 12.2 Å². The zero-order valence-corrected chi connectivity index (χ0v) is 20.1. The van der Waals surface area contributed by atoms with E-state index in [9.17, 15) is 31.5 Å². The first-order valence-corrected chi connectivity index (χ1v) is 12.9. The Kier molecular flexibility index (Phi) is 5.76. The maximum absolute atomic E-state index is 13.5. The number of hydrogen-bond donors (Lipinski definition) is 1. The molecule has 0 saturated carbocycles. The molecule has 1 N–H and O–H groups in total. The second-order valence-electron chi connectivity index (χ2n) is 8.59. The van der Waals surface area contributed by atoms with Crippen LogP contribution in [-0.4, -0.2) is 29.8 Å². The second kappa shape index (κ2) is 8.56. The van der Waals surface area contributed by atoms with Gasteiger partial charge in [0, 0.05) is 5.56 Å². The maximum Gasteiger partial charge on any atom is 0.416 e. The van der Waals surface area contributed by atoms with Gasteiger partial charge in [-0.15, -0.1) is 0 Å². The number of hydrogen-bond acceptors (Lipinski definition) is 4. The fourth-order valence-corrected chi connectivity index (χ4v) is 7.11. The Hall–Kier alpha value is -3.50. The molecule has 0 radical (unpaired) electrons.